The molecule has 116 valence electrons. The Bertz CT molecular complexity index is 579. The van der Waals surface area contributed by atoms with Gasteiger partial charge in [0.2, 0.25) is 11.8 Å². The lowest BCUT2D eigenvalue weighted by atomic mass is 9.83. The number of amides is 2. The van der Waals surface area contributed by atoms with Crippen molar-refractivity contribution in [3.8, 4) is 6.07 Å². The molecule has 1 N–H and O–H groups in total. The molecule has 1 saturated heterocycles. The molecule has 0 spiro atoms. The lowest BCUT2D eigenvalue weighted by Gasteiger charge is -2.36. The predicted molar refractivity (Wildman–Crippen MR) is 83.8 cm³/mol. The number of hydrogen-bond acceptors (Lipinski definition) is 3. The van der Waals surface area contributed by atoms with Gasteiger partial charge in [0.15, 0.2) is 0 Å². The molecule has 1 fully saturated rings. The summed E-state index contributed by atoms with van der Waals surface area (Å²) in [7, 11) is 0. The van der Waals surface area contributed by atoms with Crippen LogP contribution in [0.2, 0.25) is 0 Å². The van der Waals surface area contributed by atoms with Crippen LogP contribution in [0.4, 0.5) is 5.69 Å². The van der Waals surface area contributed by atoms with Crippen LogP contribution in [-0.2, 0) is 9.59 Å². The number of carbonyl (C=O) groups is 2. The Morgan fingerprint density at radius 2 is 2.05 bits per heavy atom. The van der Waals surface area contributed by atoms with E-state index in [0.29, 0.717) is 13.1 Å². The Hall–Kier alpha value is -2.35. The number of likely N-dealkylation sites (tertiary alicyclic amines) is 1. The van der Waals surface area contributed by atoms with E-state index < -0.39 is 5.41 Å². The number of nitrogens with zero attached hydrogens (tertiary/aromatic N) is 2. The number of carbonyl (C=O) groups excluding carboxylic acids is 2. The van der Waals surface area contributed by atoms with Crippen molar-refractivity contribution < 1.29 is 9.59 Å². The third-order valence-electron chi connectivity index (χ3n) is 3.94. The van der Waals surface area contributed by atoms with E-state index in [1.165, 1.54) is 0 Å². The maximum absolute atomic E-state index is 12.2. The van der Waals surface area contributed by atoms with Crippen LogP contribution in [0.25, 0.3) is 0 Å². The Morgan fingerprint density at radius 3 is 2.73 bits per heavy atom. The van der Waals surface area contributed by atoms with Gasteiger partial charge in [0.1, 0.15) is 0 Å². The average Bonchev–Trinajstić information content (AvgIpc) is 2.53. The molecule has 0 aliphatic carbocycles. The summed E-state index contributed by atoms with van der Waals surface area (Å²) in [6.45, 7) is 3.02. The van der Waals surface area contributed by atoms with Gasteiger partial charge in [-0.1, -0.05) is 18.2 Å². The molecule has 1 aromatic rings. The second-order valence-electron chi connectivity index (χ2n) is 6.01. The van der Waals surface area contributed by atoms with Gasteiger partial charge in [0, 0.05) is 31.6 Å². The van der Waals surface area contributed by atoms with Gasteiger partial charge in [0.05, 0.1) is 11.5 Å². The van der Waals surface area contributed by atoms with Crippen molar-refractivity contribution >= 4 is 17.5 Å². The first-order chi connectivity index (χ1) is 10.5. The zero-order valence-corrected chi connectivity index (χ0v) is 12.8. The number of para-hydroxylation sites is 1. The summed E-state index contributed by atoms with van der Waals surface area (Å²) in [5, 5.41) is 11.9. The van der Waals surface area contributed by atoms with Crippen molar-refractivity contribution in [3.05, 3.63) is 30.3 Å². The molecule has 1 atom stereocenters. The van der Waals surface area contributed by atoms with Crippen LogP contribution in [-0.4, -0.2) is 29.8 Å². The van der Waals surface area contributed by atoms with E-state index in [-0.39, 0.29) is 24.7 Å². The molecule has 0 bridgehead atoms. The molecule has 2 amide bonds. The molecule has 1 aromatic carbocycles. The van der Waals surface area contributed by atoms with Crippen molar-refractivity contribution in [1.29, 1.82) is 5.26 Å². The number of anilines is 1. The molecule has 0 unspecified atom stereocenters. The third-order valence-corrected chi connectivity index (χ3v) is 3.94. The molecule has 0 aromatic heterocycles. The van der Waals surface area contributed by atoms with E-state index in [1.54, 1.807) is 4.90 Å². The Labute approximate surface area is 130 Å². The quantitative estimate of drug-likeness (QED) is 0.928. The van der Waals surface area contributed by atoms with Crippen LogP contribution in [0.5, 0.6) is 0 Å². The third kappa shape index (κ3) is 4.32. The highest BCUT2D eigenvalue weighted by atomic mass is 16.2. The monoisotopic (exact) mass is 299 g/mol. The summed E-state index contributed by atoms with van der Waals surface area (Å²) in [5.74, 6) is -0.219. The van der Waals surface area contributed by atoms with E-state index >= 15 is 0 Å². The predicted octanol–water partition coefficient (Wildman–Crippen LogP) is 2.56. The van der Waals surface area contributed by atoms with Gasteiger partial charge in [0.25, 0.3) is 0 Å². The SMILES string of the molecule is C[C@]1(C#N)CCCN(C(=O)CCC(=O)Nc2ccccc2)C1. The Morgan fingerprint density at radius 1 is 1.32 bits per heavy atom. The van der Waals surface area contributed by atoms with Gasteiger partial charge < -0.3 is 10.2 Å². The average molecular weight is 299 g/mol. The van der Waals surface area contributed by atoms with Gasteiger partial charge in [-0.3, -0.25) is 9.59 Å². The van der Waals surface area contributed by atoms with E-state index in [1.807, 2.05) is 37.3 Å². The number of benzene rings is 1. The first kappa shape index (κ1) is 16.0. The molecular weight excluding hydrogens is 278 g/mol. The topological polar surface area (TPSA) is 73.2 Å². The van der Waals surface area contributed by atoms with Crippen LogP contribution >= 0.6 is 0 Å². The lowest BCUT2D eigenvalue weighted by molar-refractivity contribution is -0.135. The summed E-state index contributed by atoms with van der Waals surface area (Å²) in [6.07, 6.45) is 2.00. The zero-order chi connectivity index (χ0) is 16.0. The summed E-state index contributed by atoms with van der Waals surface area (Å²) in [4.78, 5) is 25.8. The number of nitrogens with one attached hydrogen (secondary N) is 1. The fourth-order valence-electron chi connectivity index (χ4n) is 2.67. The van der Waals surface area contributed by atoms with Gasteiger partial charge in [-0.2, -0.15) is 5.26 Å². The van der Waals surface area contributed by atoms with Crippen molar-refractivity contribution in [1.82, 2.24) is 4.90 Å². The highest BCUT2D eigenvalue weighted by Crippen LogP contribution is 2.28. The standard InChI is InChI=1S/C17H21N3O2/c1-17(12-18)10-5-11-20(13-17)16(22)9-8-15(21)19-14-6-3-2-4-7-14/h2-4,6-7H,5,8-11,13H2,1H3,(H,19,21)/t17-/m1/s1. The van der Waals surface area contributed by atoms with Crippen LogP contribution in [0.3, 0.4) is 0 Å². The molecule has 1 aliphatic heterocycles. The van der Waals surface area contributed by atoms with Crippen molar-refractivity contribution in [2.45, 2.75) is 32.6 Å². The van der Waals surface area contributed by atoms with E-state index in [2.05, 4.69) is 11.4 Å². The second-order valence-corrected chi connectivity index (χ2v) is 6.01. The number of piperidine rings is 1. The summed E-state index contributed by atoms with van der Waals surface area (Å²) in [6, 6.07) is 11.5. The van der Waals surface area contributed by atoms with Crippen LogP contribution in [0.15, 0.2) is 30.3 Å². The van der Waals surface area contributed by atoms with Gasteiger partial charge in [-0.05, 0) is 31.9 Å². The second kappa shape index (κ2) is 7.08. The molecule has 2 rings (SSSR count). The Kier molecular flexibility index (Phi) is 5.16. The first-order valence-electron chi connectivity index (χ1n) is 7.56. The van der Waals surface area contributed by atoms with Crippen molar-refractivity contribution in [2.75, 3.05) is 18.4 Å². The summed E-state index contributed by atoms with van der Waals surface area (Å²) in [5.41, 5.74) is 0.273. The minimum absolute atomic E-state index is 0.0515. The van der Waals surface area contributed by atoms with Gasteiger partial charge in [-0.15, -0.1) is 0 Å². The highest BCUT2D eigenvalue weighted by Gasteiger charge is 2.32. The van der Waals surface area contributed by atoms with Crippen LogP contribution in [0.1, 0.15) is 32.6 Å². The normalized spacial score (nSPS) is 21.0. The molecule has 0 radical (unpaired) electrons. The lowest BCUT2D eigenvalue weighted by Crippen LogP contribution is -2.44. The van der Waals surface area contributed by atoms with Crippen molar-refractivity contribution in [3.63, 3.8) is 0 Å². The fourth-order valence-corrected chi connectivity index (χ4v) is 2.67. The molecule has 1 heterocycles. The molecule has 1 aliphatic rings. The largest absolute Gasteiger partial charge is 0.341 e. The minimum atomic E-state index is -0.458. The maximum Gasteiger partial charge on any atom is 0.224 e. The van der Waals surface area contributed by atoms with Crippen LogP contribution < -0.4 is 5.32 Å². The minimum Gasteiger partial charge on any atom is -0.341 e. The molecule has 0 saturated carbocycles. The number of nitriles is 1. The number of hydrogen-bond donors (Lipinski definition) is 1. The molecule has 22 heavy (non-hydrogen) atoms. The zero-order valence-electron chi connectivity index (χ0n) is 12.8. The van der Waals surface area contributed by atoms with Crippen molar-refractivity contribution in [2.24, 2.45) is 5.41 Å². The highest BCUT2D eigenvalue weighted by molar-refractivity contribution is 5.93. The van der Waals surface area contributed by atoms with E-state index in [4.69, 9.17) is 0 Å². The summed E-state index contributed by atoms with van der Waals surface area (Å²) < 4.78 is 0. The maximum atomic E-state index is 12.2. The smallest absolute Gasteiger partial charge is 0.224 e. The van der Waals surface area contributed by atoms with Crippen LogP contribution in [0, 0.1) is 16.7 Å². The van der Waals surface area contributed by atoms with Gasteiger partial charge >= 0.3 is 0 Å². The van der Waals surface area contributed by atoms with Gasteiger partial charge in [-0.25, -0.2) is 0 Å². The molecular formula is C17H21N3O2. The molecule has 5 nitrogen and oxygen atoms in total. The van der Waals surface area contributed by atoms with E-state index in [0.717, 1.165) is 18.5 Å². The first-order valence-corrected chi connectivity index (χ1v) is 7.56. The Balaban J connectivity index is 1.80. The fraction of sp³-hybridized carbons (Fsp3) is 0.471. The van der Waals surface area contributed by atoms with E-state index in [9.17, 15) is 14.9 Å². The summed E-state index contributed by atoms with van der Waals surface area (Å²) >= 11 is 0. The molecule has 5 heteroatoms. The number of rotatable bonds is 4.